The highest BCUT2D eigenvalue weighted by molar-refractivity contribution is 7.98. The molecule has 32 heavy (non-hydrogen) atoms. The Balaban J connectivity index is 1.45. The van der Waals surface area contributed by atoms with Crippen molar-refractivity contribution in [3.8, 4) is 5.69 Å². The van der Waals surface area contributed by atoms with Crippen LogP contribution in [0, 0.1) is 0 Å². The number of rotatable bonds is 7. The molecule has 1 amide bonds. The van der Waals surface area contributed by atoms with Crippen LogP contribution in [0.4, 0.5) is 0 Å². The lowest BCUT2D eigenvalue weighted by Gasteiger charge is -2.31. The number of nitrogens with one attached hydrogen (secondary N) is 1. The number of hydrogen-bond donors (Lipinski definition) is 1. The summed E-state index contributed by atoms with van der Waals surface area (Å²) < 4.78 is 26.8. The van der Waals surface area contributed by atoms with E-state index in [-0.39, 0.29) is 11.9 Å². The second-order valence-corrected chi connectivity index (χ2v) is 10.6. The minimum absolute atomic E-state index is 0.212. The number of amides is 1. The summed E-state index contributed by atoms with van der Waals surface area (Å²) in [6.07, 6.45) is 2.67. The number of carbonyl (C=O) groups is 1. The molecular weight excluding hydrogens is 448 g/mol. The maximum absolute atomic E-state index is 13.0. The summed E-state index contributed by atoms with van der Waals surface area (Å²) in [6, 6.07) is 16.8. The van der Waals surface area contributed by atoms with E-state index in [0.29, 0.717) is 30.2 Å². The topological polar surface area (TPSA) is 110 Å². The number of sulfonamides is 1. The van der Waals surface area contributed by atoms with Crippen LogP contribution in [0.3, 0.4) is 0 Å². The van der Waals surface area contributed by atoms with E-state index in [1.165, 1.54) is 22.3 Å². The average molecular weight is 473 g/mol. The molecule has 0 aliphatic carbocycles. The molecular formula is C21H24N6O3S2. The Hall–Kier alpha value is -2.76. The molecule has 2 aromatic carbocycles. The first-order valence-electron chi connectivity index (χ1n) is 10.2. The fourth-order valence-electron chi connectivity index (χ4n) is 3.61. The number of nitrogens with zero attached hydrogens (tertiary/aromatic N) is 5. The zero-order valence-electron chi connectivity index (χ0n) is 17.6. The maximum atomic E-state index is 13.0. The Morgan fingerprint density at radius 1 is 1.16 bits per heavy atom. The van der Waals surface area contributed by atoms with Crippen LogP contribution >= 0.6 is 11.8 Å². The maximum Gasteiger partial charge on any atom is 0.252 e. The van der Waals surface area contributed by atoms with Gasteiger partial charge in [-0.2, -0.15) is 4.68 Å². The van der Waals surface area contributed by atoms with Gasteiger partial charge in [0.15, 0.2) is 5.82 Å². The van der Waals surface area contributed by atoms with Gasteiger partial charge in [0.2, 0.25) is 10.0 Å². The Morgan fingerprint density at radius 3 is 2.69 bits per heavy atom. The molecule has 1 saturated heterocycles. The molecule has 1 unspecified atom stereocenters. The van der Waals surface area contributed by atoms with E-state index in [4.69, 9.17) is 0 Å². The highest BCUT2D eigenvalue weighted by atomic mass is 32.2. The van der Waals surface area contributed by atoms with Gasteiger partial charge >= 0.3 is 0 Å². The van der Waals surface area contributed by atoms with Gasteiger partial charge in [-0.3, -0.25) is 4.79 Å². The zero-order valence-corrected chi connectivity index (χ0v) is 19.2. The lowest BCUT2D eigenvalue weighted by molar-refractivity contribution is 0.0918. The molecule has 0 radical (unpaired) electrons. The second-order valence-electron chi connectivity index (χ2n) is 7.56. The quantitative estimate of drug-likeness (QED) is 0.525. The summed E-state index contributed by atoms with van der Waals surface area (Å²) >= 11 is 1.48. The molecule has 1 N–H and O–H groups in total. The minimum atomic E-state index is -3.27. The molecule has 0 spiro atoms. The van der Waals surface area contributed by atoms with Crippen LogP contribution in [0.25, 0.3) is 5.69 Å². The van der Waals surface area contributed by atoms with Crippen molar-refractivity contribution in [1.82, 2.24) is 29.8 Å². The summed E-state index contributed by atoms with van der Waals surface area (Å²) in [6.45, 7) is 0.791. The standard InChI is InChI=1S/C21H24N6O3S2/c1-32(29,30)26-13-7-8-16(14-26)22-21(28)18-11-5-6-12-19(18)31-15-20-23-24-25-27(20)17-9-3-2-4-10-17/h2-6,9-12,16H,7-8,13-15H2,1H3,(H,22,28). The highest BCUT2D eigenvalue weighted by Crippen LogP contribution is 2.26. The number of piperidine rings is 1. The van der Waals surface area contributed by atoms with E-state index in [1.807, 2.05) is 48.5 Å². The van der Waals surface area contributed by atoms with E-state index in [1.54, 1.807) is 10.7 Å². The van der Waals surface area contributed by atoms with Crippen LogP contribution in [0.15, 0.2) is 59.5 Å². The predicted octanol–water partition coefficient (Wildman–Crippen LogP) is 2.11. The Kier molecular flexibility index (Phi) is 6.87. The van der Waals surface area contributed by atoms with Crippen molar-refractivity contribution in [1.29, 1.82) is 0 Å². The molecule has 4 rings (SSSR count). The molecule has 1 aliphatic heterocycles. The van der Waals surface area contributed by atoms with Gasteiger partial charge < -0.3 is 5.32 Å². The number of carbonyl (C=O) groups excluding carboxylic acids is 1. The zero-order chi connectivity index (χ0) is 22.6. The highest BCUT2D eigenvalue weighted by Gasteiger charge is 2.27. The van der Waals surface area contributed by atoms with Crippen LogP contribution in [0.5, 0.6) is 0 Å². The van der Waals surface area contributed by atoms with Crippen molar-refractivity contribution in [2.24, 2.45) is 0 Å². The Morgan fingerprint density at radius 2 is 1.91 bits per heavy atom. The summed E-state index contributed by atoms with van der Waals surface area (Å²) in [5.41, 5.74) is 1.42. The average Bonchev–Trinajstić information content (AvgIpc) is 3.27. The van der Waals surface area contributed by atoms with Gasteiger partial charge in [-0.25, -0.2) is 12.7 Å². The SMILES string of the molecule is CS(=O)(=O)N1CCCC(NC(=O)c2ccccc2SCc2nnnn2-c2ccccc2)C1. The number of tetrazole rings is 1. The van der Waals surface area contributed by atoms with Gasteiger partial charge in [-0.15, -0.1) is 16.9 Å². The molecule has 1 atom stereocenters. The van der Waals surface area contributed by atoms with Crippen molar-refractivity contribution in [2.45, 2.75) is 29.5 Å². The van der Waals surface area contributed by atoms with Crippen LogP contribution in [-0.4, -0.2) is 64.2 Å². The number of aromatic nitrogens is 4. The third kappa shape index (κ3) is 5.34. The normalized spacial score (nSPS) is 17.2. The number of para-hydroxylation sites is 1. The van der Waals surface area contributed by atoms with E-state index < -0.39 is 10.0 Å². The van der Waals surface area contributed by atoms with Crippen molar-refractivity contribution in [2.75, 3.05) is 19.3 Å². The van der Waals surface area contributed by atoms with Crippen molar-refractivity contribution in [3.05, 3.63) is 66.0 Å². The first kappa shape index (κ1) is 22.4. The third-order valence-electron chi connectivity index (χ3n) is 5.21. The molecule has 168 valence electrons. The van der Waals surface area contributed by atoms with E-state index in [0.717, 1.165) is 23.4 Å². The van der Waals surface area contributed by atoms with Crippen molar-refractivity contribution < 1.29 is 13.2 Å². The van der Waals surface area contributed by atoms with E-state index in [2.05, 4.69) is 20.8 Å². The summed E-state index contributed by atoms with van der Waals surface area (Å²) in [5.74, 6) is 0.945. The Labute approximate surface area is 191 Å². The smallest absolute Gasteiger partial charge is 0.252 e. The van der Waals surface area contributed by atoms with Crippen molar-refractivity contribution >= 4 is 27.7 Å². The fourth-order valence-corrected chi connectivity index (χ4v) is 5.48. The van der Waals surface area contributed by atoms with Gasteiger partial charge in [-0.05, 0) is 47.5 Å². The molecule has 1 fully saturated rings. The molecule has 3 aromatic rings. The van der Waals surface area contributed by atoms with Gasteiger partial charge in [-0.1, -0.05) is 30.3 Å². The first-order chi connectivity index (χ1) is 15.4. The van der Waals surface area contributed by atoms with Gasteiger partial charge in [0.05, 0.1) is 23.3 Å². The molecule has 1 aliphatic rings. The van der Waals surface area contributed by atoms with Crippen molar-refractivity contribution in [3.63, 3.8) is 0 Å². The second kappa shape index (κ2) is 9.80. The van der Waals surface area contributed by atoms with Crippen LogP contribution < -0.4 is 5.32 Å². The van der Waals surface area contributed by atoms with Crippen LogP contribution in [0.2, 0.25) is 0 Å². The number of benzene rings is 2. The van der Waals surface area contributed by atoms with Gasteiger partial charge in [0.25, 0.3) is 5.91 Å². The van der Waals surface area contributed by atoms with Gasteiger partial charge in [0, 0.05) is 24.0 Å². The van der Waals surface area contributed by atoms with Gasteiger partial charge in [0.1, 0.15) is 0 Å². The largest absolute Gasteiger partial charge is 0.348 e. The molecule has 9 nitrogen and oxygen atoms in total. The fraction of sp³-hybridized carbons (Fsp3) is 0.333. The summed E-state index contributed by atoms with van der Waals surface area (Å²) in [4.78, 5) is 13.8. The predicted molar refractivity (Wildman–Crippen MR) is 122 cm³/mol. The number of hydrogen-bond acceptors (Lipinski definition) is 7. The minimum Gasteiger partial charge on any atom is -0.348 e. The summed E-state index contributed by atoms with van der Waals surface area (Å²) in [7, 11) is -3.27. The monoisotopic (exact) mass is 472 g/mol. The molecule has 0 bridgehead atoms. The molecule has 2 heterocycles. The lowest BCUT2D eigenvalue weighted by Crippen LogP contribution is -2.49. The summed E-state index contributed by atoms with van der Waals surface area (Å²) in [5, 5.41) is 15.0. The van der Waals surface area contributed by atoms with Crippen LogP contribution in [-0.2, 0) is 15.8 Å². The third-order valence-corrected chi connectivity index (χ3v) is 7.55. The van der Waals surface area contributed by atoms with Crippen LogP contribution in [0.1, 0.15) is 29.0 Å². The first-order valence-corrected chi connectivity index (χ1v) is 13.1. The van der Waals surface area contributed by atoms with E-state index >= 15 is 0 Å². The molecule has 11 heteroatoms. The molecule has 0 saturated carbocycles. The van der Waals surface area contributed by atoms with E-state index in [9.17, 15) is 13.2 Å². The lowest BCUT2D eigenvalue weighted by atomic mass is 10.1. The Bertz CT molecular complexity index is 1180. The number of thioether (sulfide) groups is 1. The molecule has 1 aromatic heterocycles.